The van der Waals surface area contributed by atoms with Gasteiger partial charge in [0.2, 0.25) is 0 Å². The summed E-state index contributed by atoms with van der Waals surface area (Å²) in [6.45, 7) is 12.3. The van der Waals surface area contributed by atoms with E-state index < -0.39 is 0 Å². The van der Waals surface area contributed by atoms with E-state index in [4.69, 9.17) is 0 Å². The van der Waals surface area contributed by atoms with Gasteiger partial charge in [0.05, 0.1) is 0 Å². The van der Waals surface area contributed by atoms with Gasteiger partial charge in [-0.05, 0) is 50.7 Å². The monoisotopic (exact) mass is 325 g/mol. The smallest absolute Gasteiger partial charge is 0.0210 e. The van der Waals surface area contributed by atoms with Crippen molar-refractivity contribution in [2.45, 2.75) is 58.9 Å². The van der Waals surface area contributed by atoms with Gasteiger partial charge in [0.1, 0.15) is 0 Å². The van der Waals surface area contributed by atoms with Crippen LogP contribution in [0.25, 0.3) is 0 Å². The topological polar surface area (TPSA) is 12.0 Å². The Bertz CT molecular complexity index is 379. The van der Waals surface area contributed by atoms with Gasteiger partial charge in [-0.3, -0.25) is 0 Å². The van der Waals surface area contributed by atoms with Crippen LogP contribution < -0.4 is 5.32 Å². The lowest BCUT2D eigenvalue weighted by atomic mass is 9.90. The minimum atomic E-state index is 0.178. The summed E-state index contributed by atoms with van der Waals surface area (Å²) in [5.41, 5.74) is 1.61. The van der Waals surface area contributed by atoms with E-state index in [0.717, 1.165) is 12.5 Å². The highest BCUT2D eigenvalue weighted by molar-refractivity contribution is 9.10. The van der Waals surface area contributed by atoms with Gasteiger partial charge in [-0.1, -0.05) is 54.4 Å². The van der Waals surface area contributed by atoms with Crippen LogP contribution in [-0.4, -0.2) is 12.1 Å². The number of nitrogens with one attached hydrogen (secondary N) is 1. The highest BCUT2D eigenvalue weighted by Gasteiger charge is 2.18. The second-order valence-corrected chi connectivity index (χ2v) is 7.67. The van der Waals surface area contributed by atoms with Crippen LogP contribution in [0.15, 0.2) is 28.7 Å². The zero-order valence-corrected chi connectivity index (χ0v) is 14.5. The number of halogens is 1. The van der Waals surface area contributed by atoms with E-state index in [9.17, 15) is 0 Å². The highest BCUT2D eigenvalue weighted by Crippen LogP contribution is 2.29. The minimum absolute atomic E-state index is 0.178. The van der Waals surface area contributed by atoms with Crippen molar-refractivity contribution in [2.24, 2.45) is 5.92 Å². The van der Waals surface area contributed by atoms with Crippen LogP contribution >= 0.6 is 15.9 Å². The Balaban J connectivity index is 2.77. The van der Waals surface area contributed by atoms with Gasteiger partial charge < -0.3 is 5.32 Å². The molecule has 0 aliphatic heterocycles. The number of hydrogen-bond donors (Lipinski definition) is 1. The molecule has 0 bridgehead atoms. The molecular weight excluding hydrogens is 298 g/mol. The van der Waals surface area contributed by atoms with Gasteiger partial charge in [-0.15, -0.1) is 0 Å². The van der Waals surface area contributed by atoms with Crippen molar-refractivity contribution in [2.75, 3.05) is 6.54 Å². The standard InChI is InChI=1S/C17H28BrN/c1-13(2)10-11-14(12-19-17(3,4)5)15-8-6-7-9-16(15)18/h6-9,13-14,19H,10-12H2,1-5H3. The first-order chi connectivity index (χ1) is 8.79. The molecule has 0 saturated carbocycles. The first kappa shape index (κ1) is 16.7. The summed E-state index contributed by atoms with van der Waals surface area (Å²) in [4.78, 5) is 0. The van der Waals surface area contributed by atoms with Crippen LogP contribution in [0.3, 0.4) is 0 Å². The third-order valence-corrected chi connectivity index (χ3v) is 4.04. The van der Waals surface area contributed by atoms with Gasteiger partial charge in [0.15, 0.2) is 0 Å². The van der Waals surface area contributed by atoms with Gasteiger partial charge in [0.25, 0.3) is 0 Å². The summed E-state index contributed by atoms with van der Waals surface area (Å²) in [5.74, 6) is 1.34. The van der Waals surface area contributed by atoms with Crippen molar-refractivity contribution in [1.29, 1.82) is 0 Å². The fourth-order valence-corrected chi connectivity index (χ4v) is 2.75. The molecule has 1 nitrogen and oxygen atoms in total. The van der Waals surface area contributed by atoms with Gasteiger partial charge in [0, 0.05) is 16.6 Å². The summed E-state index contributed by atoms with van der Waals surface area (Å²) in [5, 5.41) is 3.65. The van der Waals surface area contributed by atoms with Crippen molar-refractivity contribution in [3.8, 4) is 0 Å². The van der Waals surface area contributed by atoms with E-state index in [1.165, 1.54) is 22.9 Å². The lowest BCUT2D eigenvalue weighted by Crippen LogP contribution is -2.38. The van der Waals surface area contributed by atoms with E-state index >= 15 is 0 Å². The lowest BCUT2D eigenvalue weighted by molar-refractivity contribution is 0.387. The first-order valence-electron chi connectivity index (χ1n) is 7.29. The fraction of sp³-hybridized carbons (Fsp3) is 0.647. The van der Waals surface area contributed by atoms with E-state index in [-0.39, 0.29) is 5.54 Å². The Morgan fingerprint density at radius 1 is 1.11 bits per heavy atom. The molecule has 0 fully saturated rings. The quantitative estimate of drug-likeness (QED) is 0.742. The third-order valence-electron chi connectivity index (χ3n) is 3.32. The molecule has 1 N–H and O–H groups in total. The largest absolute Gasteiger partial charge is 0.311 e. The molecule has 0 saturated heterocycles. The van der Waals surface area contributed by atoms with E-state index in [0.29, 0.717) is 5.92 Å². The fourth-order valence-electron chi connectivity index (χ4n) is 2.14. The molecule has 0 aromatic heterocycles. The Morgan fingerprint density at radius 2 is 1.74 bits per heavy atom. The molecule has 0 aliphatic carbocycles. The van der Waals surface area contributed by atoms with Crippen LogP contribution in [0.5, 0.6) is 0 Å². The Morgan fingerprint density at radius 3 is 2.26 bits per heavy atom. The highest BCUT2D eigenvalue weighted by atomic mass is 79.9. The molecule has 108 valence electrons. The van der Waals surface area contributed by atoms with Crippen LogP contribution in [0, 0.1) is 5.92 Å². The van der Waals surface area contributed by atoms with Crippen molar-refractivity contribution >= 4 is 15.9 Å². The molecule has 1 rings (SSSR count). The summed E-state index contributed by atoms with van der Waals surface area (Å²) in [6.07, 6.45) is 2.52. The van der Waals surface area contributed by atoms with Crippen molar-refractivity contribution in [1.82, 2.24) is 5.32 Å². The van der Waals surface area contributed by atoms with E-state index in [2.05, 4.69) is 80.1 Å². The number of rotatable bonds is 6. The number of benzene rings is 1. The van der Waals surface area contributed by atoms with E-state index in [1.54, 1.807) is 0 Å². The van der Waals surface area contributed by atoms with Crippen LogP contribution in [0.1, 0.15) is 58.9 Å². The lowest BCUT2D eigenvalue weighted by Gasteiger charge is -2.26. The SMILES string of the molecule is CC(C)CCC(CNC(C)(C)C)c1ccccc1Br. The average Bonchev–Trinajstić information content (AvgIpc) is 2.29. The summed E-state index contributed by atoms with van der Waals surface area (Å²) < 4.78 is 1.24. The second kappa shape index (κ2) is 7.44. The Hall–Kier alpha value is -0.340. The molecule has 0 spiro atoms. The molecule has 1 aromatic rings. The summed E-state index contributed by atoms with van der Waals surface area (Å²) in [7, 11) is 0. The molecule has 0 radical (unpaired) electrons. The van der Waals surface area contributed by atoms with Crippen LogP contribution in [0.2, 0.25) is 0 Å². The zero-order valence-electron chi connectivity index (χ0n) is 13.0. The minimum Gasteiger partial charge on any atom is -0.311 e. The second-order valence-electron chi connectivity index (χ2n) is 6.82. The third kappa shape index (κ3) is 6.58. The summed E-state index contributed by atoms with van der Waals surface area (Å²) >= 11 is 3.70. The molecule has 2 heteroatoms. The molecule has 1 atom stereocenters. The molecule has 0 amide bonds. The maximum Gasteiger partial charge on any atom is 0.0210 e. The zero-order chi connectivity index (χ0) is 14.5. The molecule has 0 heterocycles. The molecule has 1 unspecified atom stereocenters. The number of hydrogen-bond acceptors (Lipinski definition) is 1. The Kier molecular flexibility index (Phi) is 6.55. The molecule has 0 aliphatic rings. The van der Waals surface area contributed by atoms with Gasteiger partial charge >= 0.3 is 0 Å². The maximum atomic E-state index is 3.70. The predicted molar refractivity (Wildman–Crippen MR) is 88.7 cm³/mol. The van der Waals surface area contributed by atoms with Crippen LogP contribution in [0.4, 0.5) is 0 Å². The van der Waals surface area contributed by atoms with Crippen molar-refractivity contribution < 1.29 is 0 Å². The van der Waals surface area contributed by atoms with Gasteiger partial charge in [-0.2, -0.15) is 0 Å². The normalized spacial score (nSPS) is 13.8. The van der Waals surface area contributed by atoms with E-state index in [1.807, 2.05) is 0 Å². The first-order valence-corrected chi connectivity index (χ1v) is 8.08. The maximum absolute atomic E-state index is 3.70. The Labute approximate surface area is 127 Å². The van der Waals surface area contributed by atoms with Crippen LogP contribution in [-0.2, 0) is 0 Å². The predicted octanol–water partition coefficient (Wildman–Crippen LogP) is 5.36. The molecular formula is C17H28BrN. The average molecular weight is 326 g/mol. The molecule has 1 aromatic carbocycles. The molecule has 19 heavy (non-hydrogen) atoms. The summed E-state index contributed by atoms with van der Waals surface area (Å²) in [6, 6.07) is 8.62. The van der Waals surface area contributed by atoms with Crippen molar-refractivity contribution in [3.05, 3.63) is 34.3 Å². The van der Waals surface area contributed by atoms with Crippen molar-refractivity contribution in [3.63, 3.8) is 0 Å². The van der Waals surface area contributed by atoms with Gasteiger partial charge in [-0.25, -0.2) is 0 Å².